The molecule has 5 rings (SSSR count). The Labute approximate surface area is 764 Å². The van der Waals surface area contributed by atoms with Crippen molar-refractivity contribution in [3.8, 4) is 0 Å². The third kappa shape index (κ3) is 30.1. The average Bonchev–Trinajstić information content (AvgIpc) is 1.55. The third-order valence-electron chi connectivity index (χ3n) is 24.8. The van der Waals surface area contributed by atoms with Crippen molar-refractivity contribution in [1.82, 2.24) is 0 Å². The molecular formula is C103H166O25. The lowest BCUT2D eigenvalue weighted by Gasteiger charge is -2.34. The van der Waals surface area contributed by atoms with E-state index in [4.69, 9.17) is 0 Å². The second-order valence-corrected chi connectivity index (χ2v) is 40.7. The fourth-order valence-corrected chi connectivity index (χ4v) is 16.3. The molecule has 0 aromatic rings. The highest BCUT2D eigenvalue weighted by atomic mass is 16.4. The second kappa shape index (κ2) is 52.2. The molecular weight excluding hydrogens is 1640 g/mol. The molecule has 5 aliphatic rings. The van der Waals surface area contributed by atoms with Crippen LogP contribution in [0.4, 0.5) is 0 Å². The first-order valence-corrected chi connectivity index (χ1v) is 46.6. The van der Waals surface area contributed by atoms with Crippen molar-refractivity contribution in [1.29, 1.82) is 0 Å². The van der Waals surface area contributed by atoms with Crippen LogP contribution in [0.1, 0.15) is 329 Å². The highest BCUT2D eigenvalue weighted by molar-refractivity contribution is 6.27. The zero-order valence-corrected chi connectivity index (χ0v) is 82.8. The number of Topliss-reactive ketones (excluding diaryl/α,β-unsaturated/α-hetero) is 10. The summed E-state index contributed by atoms with van der Waals surface area (Å²) in [5.74, 6) is -12.6. The average molecular weight is 1800 g/mol. The standard InChI is InChI=1S/C22H36O5.2C21H34O5.C20H32O5.C19H30O5/c1-13(2)7-10-16-20(25)19(17(23)11-8-14(3)4)21(26)22(16,27)18(24)12-9-15(5)6;1-12(2)7-9-15-19(24)18(16(22)11-14(5)6)20(25)21(15,26)17(23)10-8-13(3)4;1-7-14(6)18(23)17-19(24)15(10-8-12(2)3)21(26,20(17)25)16(22)11-9-13(4)5;1-11(2)7-9-14-18(23)16(17(22)13(5)6)19(24)20(14,25)15(21)10-8-12(3)4;1-6-14(20)16-17(22)13(9-7-11(2)3)19(24,18(16)23)15(21)10-8-12(4)5/h9,13-14,16,18,24,26-27H,7-8,10-12H2,1-6H3;8,12,14-15,17,23,25-26H,7,9-11H2,1-6H3;9,12,14-16,22,25-26H,7-8,10-11H2,1-6H3;8,11,13-15,21,24-25H,7,9-10H2,1-6H3;8,11,13,15,21,23-24H,6-7,9-10H2,1-5H3/t16-,18?,22?;15-,17?,21?;14?,15-,16?,21?;14-,15?,20?;13-,15?,19?/m11111/s1. The minimum atomic E-state index is -2.11. The maximum absolute atomic E-state index is 12.9. The number of carbonyl (C=O) groups is 10. The lowest BCUT2D eigenvalue weighted by molar-refractivity contribution is -0.137. The lowest BCUT2D eigenvalue weighted by atomic mass is 9.78. The molecule has 0 bridgehead atoms. The largest absolute Gasteiger partial charge is 0.508 e. The fourth-order valence-electron chi connectivity index (χ4n) is 16.3. The van der Waals surface area contributed by atoms with Gasteiger partial charge in [0.05, 0.1) is 60.1 Å². The summed E-state index contributed by atoms with van der Waals surface area (Å²) in [4.78, 5) is 126. The van der Waals surface area contributed by atoms with E-state index in [1.165, 1.54) is 0 Å². The first kappa shape index (κ1) is 119. The number of hydrogen-bond acceptors (Lipinski definition) is 25. The normalized spacial score (nSPS) is 24.9. The van der Waals surface area contributed by atoms with Crippen molar-refractivity contribution in [2.45, 2.75) is 388 Å². The molecule has 11 unspecified atom stereocenters. The number of allylic oxidation sites excluding steroid dienone is 10. The molecule has 25 nitrogen and oxygen atoms in total. The SMILES string of the molecule is CC(C)=CCC(O)C1(O)C(O)=C(C(=O)C(C)C)C(=O)[C@H]1CCC(C)C.CC(C)=CCC(O)C1(O)C(O)=C(C(=O)CC(C)C)C(=O)[C@H]1CCC(C)C.CC(C)=CCC(O)C1(O)C(O)=C(C(=O)CCC(C)C)C(=O)[C@H]1CCC(C)C.CCC(=O)C1=C(O)C(O)(C(O)CC=C(C)C)[C@H](CCC(C)C)C1=O.CCC(C)C(=O)C1=C(O)C(O)(C(O)CC=C(C)C)[C@H](CCC(C)C)C1=O. The van der Waals surface area contributed by atoms with Crippen LogP contribution in [0.3, 0.4) is 0 Å². The van der Waals surface area contributed by atoms with Gasteiger partial charge in [0.1, 0.15) is 56.7 Å². The molecule has 0 saturated carbocycles. The fraction of sp³-hybridized carbons (Fsp3) is 0.709. The van der Waals surface area contributed by atoms with Crippen molar-refractivity contribution in [2.75, 3.05) is 0 Å². The molecule has 728 valence electrons. The van der Waals surface area contributed by atoms with E-state index in [-0.39, 0.29) is 91.1 Å². The highest BCUT2D eigenvalue weighted by Gasteiger charge is 2.63. The molecule has 16 atom stereocenters. The summed E-state index contributed by atoms with van der Waals surface area (Å²) >= 11 is 0. The lowest BCUT2D eigenvalue weighted by Crippen LogP contribution is -2.49. The van der Waals surface area contributed by atoms with E-state index in [1.807, 2.05) is 173 Å². The first-order valence-electron chi connectivity index (χ1n) is 46.6. The Bertz CT molecular complexity index is 4150. The van der Waals surface area contributed by atoms with Crippen molar-refractivity contribution in [3.05, 3.63) is 115 Å². The zero-order chi connectivity index (χ0) is 99.6. The number of aliphatic hydroxyl groups excluding tert-OH is 10. The van der Waals surface area contributed by atoms with Gasteiger partial charge < -0.3 is 76.6 Å². The summed E-state index contributed by atoms with van der Waals surface area (Å²) in [6.07, 6.45) is 8.60. The van der Waals surface area contributed by atoms with Gasteiger partial charge in [0.15, 0.2) is 85.8 Å². The number of hydrogen-bond donors (Lipinski definition) is 15. The summed E-state index contributed by atoms with van der Waals surface area (Å²) in [6, 6.07) is 0. The van der Waals surface area contributed by atoms with E-state index in [2.05, 4.69) is 0 Å². The van der Waals surface area contributed by atoms with Gasteiger partial charge in [-0.1, -0.05) is 222 Å². The Morgan fingerprint density at radius 2 is 0.500 bits per heavy atom. The maximum Gasteiger partial charge on any atom is 0.176 e. The second-order valence-electron chi connectivity index (χ2n) is 40.7. The van der Waals surface area contributed by atoms with E-state index >= 15 is 0 Å². The Kier molecular flexibility index (Phi) is 48.4. The number of rotatable bonds is 44. The molecule has 0 spiro atoms. The van der Waals surface area contributed by atoms with Gasteiger partial charge in [0.2, 0.25) is 0 Å². The summed E-state index contributed by atoms with van der Waals surface area (Å²) in [5, 5.41) is 162. The van der Waals surface area contributed by atoms with Gasteiger partial charge in [0.25, 0.3) is 0 Å². The quantitative estimate of drug-likeness (QED) is 0.0199. The van der Waals surface area contributed by atoms with Crippen LogP contribution in [-0.4, -0.2) is 193 Å². The number of carbonyl (C=O) groups excluding carboxylic acids is 10. The molecule has 25 heteroatoms. The smallest absolute Gasteiger partial charge is 0.176 e. The van der Waals surface area contributed by atoms with E-state index in [0.29, 0.717) is 107 Å². The van der Waals surface area contributed by atoms with Crippen LogP contribution in [-0.2, 0) is 47.9 Å². The molecule has 0 amide bonds. The van der Waals surface area contributed by atoms with E-state index in [0.717, 1.165) is 27.9 Å². The predicted molar refractivity (Wildman–Crippen MR) is 499 cm³/mol. The van der Waals surface area contributed by atoms with Crippen molar-refractivity contribution in [2.24, 2.45) is 82.9 Å². The Balaban J connectivity index is 0.000000800. The molecule has 15 N–H and O–H groups in total. The predicted octanol–water partition coefficient (Wildman–Crippen LogP) is 16.8. The summed E-state index contributed by atoms with van der Waals surface area (Å²) < 4.78 is 0. The maximum atomic E-state index is 12.9. The Morgan fingerprint density at radius 3 is 0.695 bits per heavy atom. The van der Waals surface area contributed by atoms with Gasteiger partial charge in [0, 0.05) is 31.1 Å². The van der Waals surface area contributed by atoms with Gasteiger partial charge in [-0.25, -0.2) is 0 Å². The molecule has 0 saturated heterocycles. The van der Waals surface area contributed by atoms with E-state index in [1.54, 1.807) is 58.1 Å². The molecule has 0 aromatic carbocycles. The molecule has 0 fully saturated rings. The number of aliphatic hydroxyl groups is 15. The van der Waals surface area contributed by atoms with Gasteiger partial charge >= 0.3 is 0 Å². The van der Waals surface area contributed by atoms with Crippen LogP contribution in [0.2, 0.25) is 0 Å². The summed E-state index contributed by atoms with van der Waals surface area (Å²) in [7, 11) is 0. The highest BCUT2D eigenvalue weighted by Crippen LogP contribution is 2.50. The van der Waals surface area contributed by atoms with E-state index < -0.39 is 187 Å². The van der Waals surface area contributed by atoms with Gasteiger partial charge in [-0.3, -0.25) is 47.9 Å². The van der Waals surface area contributed by atoms with Gasteiger partial charge in [-0.05, 0) is 188 Å². The molecule has 128 heavy (non-hydrogen) atoms. The minimum absolute atomic E-state index is 0.0222. The molecule has 0 aromatic heterocycles. The van der Waals surface area contributed by atoms with Gasteiger partial charge in [-0.15, -0.1) is 0 Å². The van der Waals surface area contributed by atoms with E-state index in [9.17, 15) is 125 Å². The van der Waals surface area contributed by atoms with Crippen LogP contribution >= 0.6 is 0 Å². The topological polar surface area (TPSA) is 474 Å². The monoisotopic (exact) mass is 1800 g/mol. The number of ketones is 10. The molecule has 0 radical (unpaired) electrons. The van der Waals surface area contributed by atoms with Crippen LogP contribution in [0.15, 0.2) is 115 Å². The first-order chi connectivity index (χ1) is 58.8. The minimum Gasteiger partial charge on any atom is -0.508 e. The zero-order valence-electron chi connectivity index (χ0n) is 82.8. The third-order valence-corrected chi connectivity index (χ3v) is 24.8. The molecule has 0 aliphatic heterocycles. The summed E-state index contributed by atoms with van der Waals surface area (Å²) in [6.45, 7) is 54.6. The van der Waals surface area contributed by atoms with Crippen LogP contribution < -0.4 is 0 Å². The van der Waals surface area contributed by atoms with Crippen LogP contribution in [0.25, 0.3) is 0 Å². The van der Waals surface area contributed by atoms with Crippen molar-refractivity contribution < 1.29 is 125 Å². The Hall–Kier alpha value is -7.30. The van der Waals surface area contributed by atoms with Crippen LogP contribution in [0.5, 0.6) is 0 Å². The van der Waals surface area contributed by atoms with Crippen molar-refractivity contribution >= 4 is 57.8 Å². The van der Waals surface area contributed by atoms with Crippen LogP contribution in [0, 0.1) is 82.9 Å². The molecule has 0 heterocycles. The Morgan fingerprint density at radius 1 is 0.297 bits per heavy atom. The van der Waals surface area contributed by atoms with Gasteiger partial charge in [-0.2, -0.15) is 0 Å². The van der Waals surface area contributed by atoms with Crippen molar-refractivity contribution in [3.63, 3.8) is 0 Å². The summed E-state index contributed by atoms with van der Waals surface area (Å²) in [5.41, 5.74) is -7.44. The molecule has 5 aliphatic carbocycles.